The summed E-state index contributed by atoms with van der Waals surface area (Å²) < 4.78 is 12.9. The van der Waals surface area contributed by atoms with Gasteiger partial charge in [-0.05, 0) is 48.7 Å². The number of nitrogens with one attached hydrogen (secondary N) is 1. The van der Waals surface area contributed by atoms with Gasteiger partial charge in [0.25, 0.3) is 0 Å². The van der Waals surface area contributed by atoms with Crippen LogP contribution in [0.4, 0.5) is 10.2 Å². The van der Waals surface area contributed by atoms with Gasteiger partial charge in [0.05, 0.1) is 6.10 Å². The molecule has 0 aliphatic carbocycles. The molecular weight excluding hydrogens is 293 g/mol. The molecular formula is C18H22FN3O. The first kappa shape index (κ1) is 15.9. The standard InChI is InChI=1S/C18H22FN3O/c19-16-6-4-15(5-7-16)17(23)13-22-10-8-14(12-22)11-21-18-3-1-2-9-20-18/h1-7,9,14,17,23H,8,10-13H2,(H,20,21)/t14-,17+/m0/s1. The molecule has 2 aromatic rings. The van der Waals surface area contributed by atoms with Crippen molar-refractivity contribution in [3.05, 3.63) is 60.0 Å². The number of anilines is 1. The fraction of sp³-hybridized carbons (Fsp3) is 0.389. The average molecular weight is 315 g/mol. The maximum Gasteiger partial charge on any atom is 0.125 e. The smallest absolute Gasteiger partial charge is 0.125 e. The van der Waals surface area contributed by atoms with Crippen LogP contribution < -0.4 is 5.32 Å². The molecule has 1 aromatic heterocycles. The Hall–Kier alpha value is -1.98. The average Bonchev–Trinajstić information content (AvgIpc) is 3.02. The van der Waals surface area contributed by atoms with Crippen LogP contribution in [-0.4, -0.2) is 41.2 Å². The van der Waals surface area contributed by atoms with Crippen molar-refractivity contribution in [3.8, 4) is 0 Å². The van der Waals surface area contributed by atoms with Gasteiger partial charge in [-0.1, -0.05) is 18.2 Å². The van der Waals surface area contributed by atoms with Crippen molar-refractivity contribution in [1.82, 2.24) is 9.88 Å². The van der Waals surface area contributed by atoms with Gasteiger partial charge in [0, 0.05) is 25.8 Å². The van der Waals surface area contributed by atoms with Crippen molar-refractivity contribution >= 4 is 5.82 Å². The Morgan fingerprint density at radius 2 is 2.09 bits per heavy atom. The maximum absolute atomic E-state index is 12.9. The number of aromatic nitrogens is 1. The van der Waals surface area contributed by atoms with Crippen LogP contribution in [0.3, 0.4) is 0 Å². The second-order valence-corrected chi connectivity index (χ2v) is 6.08. The molecule has 3 rings (SSSR count). The number of aliphatic hydroxyl groups excluding tert-OH is 1. The molecule has 5 heteroatoms. The molecule has 2 heterocycles. The lowest BCUT2D eigenvalue weighted by atomic mass is 10.1. The quantitative estimate of drug-likeness (QED) is 0.860. The molecule has 23 heavy (non-hydrogen) atoms. The molecule has 1 saturated heterocycles. The summed E-state index contributed by atoms with van der Waals surface area (Å²) in [6, 6.07) is 11.9. The SMILES string of the molecule is O[C@H](CN1CC[C@@H](CNc2ccccn2)C1)c1ccc(F)cc1. The summed E-state index contributed by atoms with van der Waals surface area (Å²) in [6.45, 7) is 3.41. The van der Waals surface area contributed by atoms with Gasteiger partial charge in [0.1, 0.15) is 11.6 Å². The lowest BCUT2D eigenvalue weighted by Gasteiger charge is -2.20. The lowest BCUT2D eigenvalue weighted by Crippen LogP contribution is -2.27. The van der Waals surface area contributed by atoms with E-state index < -0.39 is 6.10 Å². The predicted octanol–water partition coefficient (Wildman–Crippen LogP) is 2.69. The van der Waals surface area contributed by atoms with Crippen molar-refractivity contribution in [3.63, 3.8) is 0 Å². The van der Waals surface area contributed by atoms with Gasteiger partial charge in [-0.2, -0.15) is 0 Å². The molecule has 0 amide bonds. The third-order valence-electron chi connectivity index (χ3n) is 4.29. The van der Waals surface area contributed by atoms with E-state index in [4.69, 9.17) is 0 Å². The number of pyridine rings is 1. The van der Waals surface area contributed by atoms with Gasteiger partial charge in [0.2, 0.25) is 0 Å². The molecule has 0 unspecified atom stereocenters. The summed E-state index contributed by atoms with van der Waals surface area (Å²) in [5, 5.41) is 13.6. The molecule has 0 saturated carbocycles. The number of rotatable bonds is 6. The van der Waals surface area contributed by atoms with Gasteiger partial charge in [-0.15, -0.1) is 0 Å². The van der Waals surface area contributed by atoms with E-state index in [0.717, 1.165) is 37.4 Å². The van der Waals surface area contributed by atoms with Crippen LogP contribution in [0.15, 0.2) is 48.7 Å². The summed E-state index contributed by atoms with van der Waals surface area (Å²) in [4.78, 5) is 6.52. The number of β-amino-alcohol motifs (C(OH)–C–C–N with tert-alkyl or cyclic N) is 1. The van der Waals surface area contributed by atoms with Crippen LogP contribution in [0.25, 0.3) is 0 Å². The molecule has 1 aromatic carbocycles. The van der Waals surface area contributed by atoms with E-state index in [0.29, 0.717) is 12.5 Å². The molecule has 1 fully saturated rings. The van der Waals surface area contributed by atoms with E-state index in [1.165, 1.54) is 12.1 Å². The Balaban J connectivity index is 1.45. The van der Waals surface area contributed by atoms with Crippen LogP contribution in [-0.2, 0) is 0 Å². The Labute approximate surface area is 136 Å². The predicted molar refractivity (Wildman–Crippen MR) is 88.6 cm³/mol. The number of aliphatic hydroxyl groups is 1. The van der Waals surface area contributed by atoms with Crippen molar-refractivity contribution in [2.75, 3.05) is 31.5 Å². The highest BCUT2D eigenvalue weighted by Gasteiger charge is 2.24. The minimum atomic E-state index is -0.571. The second-order valence-electron chi connectivity index (χ2n) is 6.08. The van der Waals surface area contributed by atoms with Crippen LogP contribution in [0.2, 0.25) is 0 Å². The minimum Gasteiger partial charge on any atom is -0.387 e. The van der Waals surface area contributed by atoms with Gasteiger partial charge in [0.15, 0.2) is 0 Å². The van der Waals surface area contributed by atoms with E-state index in [1.54, 1.807) is 18.3 Å². The molecule has 0 spiro atoms. The van der Waals surface area contributed by atoms with E-state index in [9.17, 15) is 9.50 Å². The zero-order valence-corrected chi connectivity index (χ0v) is 13.0. The molecule has 0 bridgehead atoms. The molecule has 2 atom stereocenters. The largest absolute Gasteiger partial charge is 0.387 e. The Morgan fingerprint density at radius 1 is 1.26 bits per heavy atom. The summed E-state index contributed by atoms with van der Waals surface area (Å²) in [5.41, 5.74) is 0.765. The van der Waals surface area contributed by atoms with Crippen LogP contribution in [0.1, 0.15) is 18.1 Å². The third kappa shape index (κ3) is 4.50. The fourth-order valence-corrected chi connectivity index (χ4v) is 3.00. The van der Waals surface area contributed by atoms with Gasteiger partial charge in [-0.25, -0.2) is 9.37 Å². The van der Waals surface area contributed by atoms with Gasteiger partial charge >= 0.3 is 0 Å². The molecule has 1 aliphatic rings. The zero-order valence-electron chi connectivity index (χ0n) is 13.0. The van der Waals surface area contributed by atoms with Gasteiger partial charge < -0.3 is 15.3 Å². The highest BCUT2D eigenvalue weighted by atomic mass is 19.1. The number of hydrogen-bond acceptors (Lipinski definition) is 4. The van der Waals surface area contributed by atoms with Crippen molar-refractivity contribution in [2.24, 2.45) is 5.92 Å². The van der Waals surface area contributed by atoms with Crippen LogP contribution >= 0.6 is 0 Å². The van der Waals surface area contributed by atoms with Crippen LogP contribution in [0.5, 0.6) is 0 Å². The Bertz CT molecular complexity index is 605. The monoisotopic (exact) mass is 315 g/mol. The van der Waals surface area contributed by atoms with E-state index >= 15 is 0 Å². The summed E-state index contributed by atoms with van der Waals surface area (Å²) in [6.07, 6.45) is 2.32. The van der Waals surface area contributed by atoms with Crippen molar-refractivity contribution in [2.45, 2.75) is 12.5 Å². The van der Waals surface area contributed by atoms with Crippen molar-refractivity contribution < 1.29 is 9.50 Å². The number of nitrogens with zero attached hydrogens (tertiary/aromatic N) is 2. The third-order valence-corrected chi connectivity index (χ3v) is 4.29. The number of hydrogen-bond donors (Lipinski definition) is 2. The maximum atomic E-state index is 12.9. The topological polar surface area (TPSA) is 48.4 Å². The first-order valence-electron chi connectivity index (χ1n) is 8.01. The van der Waals surface area contributed by atoms with Crippen molar-refractivity contribution in [1.29, 1.82) is 0 Å². The Kier molecular flexibility index (Phi) is 5.20. The minimum absolute atomic E-state index is 0.275. The van der Waals surface area contributed by atoms with E-state index in [2.05, 4.69) is 15.2 Å². The first-order chi connectivity index (χ1) is 11.2. The number of likely N-dealkylation sites (tertiary alicyclic amines) is 1. The van der Waals surface area contributed by atoms with E-state index in [-0.39, 0.29) is 5.82 Å². The second kappa shape index (κ2) is 7.53. The van der Waals surface area contributed by atoms with Gasteiger partial charge in [-0.3, -0.25) is 0 Å². The molecule has 1 aliphatic heterocycles. The summed E-state index contributed by atoms with van der Waals surface area (Å²) in [7, 11) is 0. The number of halogens is 1. The number of benzene rings is 1. The molecule has 4 nitrogen and oxygen atoms in total. The van der Waals surface area contributed by atoms with Crippen LogP contribution in [0, 0.1) is 11.7 Å². The highest BCUT2D eigenvalue weighted by Crippen LogP contribution is 2.21. The Morgan fingerprint density at radius 3 is 2.83 bits per heavy atom. The molecule has 2 N–H and O–H groups in total. The zero-order chi connectivity index (χ0) is 16.1. The highest BCUT2D eigenvalue weighted by molar-refractivity contribution is 5.33. The van der Waals surface area contributed by atoms with E-state index in [1.807, 2.05) is 18.2 Å². The normalized spacial score (nSPS) is 19.7. The molecule has 0 radical (unpaired) electrons. The lowest BCUT2D eigenvalue weighted by molar-refractivity contribution is 0.124. The summed E-state index contributed by atoms with van der Waals surface area (Å²) in [5.74, 6) is 1.18. The summed E-state index contributed by atoms with van der Waals surface area (Å²) >= 11 is 0. The fourth-order valence-electron chi connectivity index (χ4n) is 3.00. The molecule has 122 valence electrons. The first-order valence-corrected chi connectivity index (χ1v) is 8.01.